The summed E-state index contributed by atoms with van der Waals surface area (Å²) in [4.78, 5) is 0. The SMILES string of the molecule is COc1ccc(-n2cc(-c3ccccc3)cn2)c(N)c1. The molecule has 0 saturated heterocycles. The minimum atomic E-state index is 0.632. The molecule has 0 radical (unpaired) electrons. The van der Waals surface area contributed by atoms with Gasteiger partial charge in [-0.15, -0.1) is 0 Å². The zero-order chi connectivity index (χ0) is 13.9. The number of nitrogen functional groups attached to an aromatic ring is 1. The Morgan fingerprint density at radius 3 is 2.55 bits per heavy atom. The molecule has 3 aromatic rings. The van der Waals surface area contributed by atoms with Gasteiger partial charge < -0.3 is 10.5 Å². The number of methoxy groups -OCH3 is 1. The van der Waals surface area contributed by atoms with Gasteiger partial charge in [0.15, 0.2) is 0 Å². The number of rotatable bonds is 3. The fourth-order valence-corrected chi connectivity index (χ4v) is 2.10. The molecule has 0 unspecified atom stereocenters. The molecule has 2 aromatic carbocycles. The number of aromatic nitrogens is 2. The Hall–Kier alpha value is -2.75. The number of anilines is 1. The van der Waals surface area contributed by atoms with Crippen LogP contribution in [0.5, 0.6) is 5.75 Å². The number of benzene rings is 2. The molecule has 0 aliphatic carbocycles. The third-order valence-corrected chi connectivity index (χ3v) is 3.17. The second kappa shape index (κ2) is 5.09. The summed E-state index contributed by atoms with van der Waals surface area (Å²) >= 11 is 0. The third-order valence-electron chi connectivity index (χ3n) is 3.17. The molecule has 20 heavy (non-hydrogen) atoms. The first-order valence-corrected chi connectivity index (χ1v) is 6.32. The van der Waals surface area contributed by atoms with Crippen molar-refractivity contribution in [1.29, 1.82) is 0 Å². The first kappa shape index (κ1) is 12.3. The smallest absolute Gasteiger partial charge is 0.121 e. The van der Waals surface area contributed by atoms with Gasteiger partial charge in [0.05, 0.1) is 24.7 Å². The largest absolute Gasteiger partial charge is 0.497 e. The fourth-order valence-electron chi connectivity index (χ4n) is 2.10. The normalized spacial score (nSPS) is 10.4. The fraction of sp³-hybridized carbons (Fsp3) is 0.0625. The Bertz CT molecular complexity index is 720. The molecule has 0 aliphatic rings. The van der Waals surface area contributed by atoms with Crippen LogP contribution in [0.3, 0.4) is 0 Å². The Balaban J connectivity index is 1.98. The van der Waals surface area contributed by atoms with E-state index in [0.717, 1.165) is 22.6 Å². The topological polar surface area (TPSA) is 53.1 Å². The Morgan fingerprint density at radius 2 is 1.85 bits per heavy atom. The van der Waals surface area contributed by atoms with E-state index < -0.39 is 0 Å². The van der Waals surface area contributed by atoms with E-state index in [-0.39, 0.29) is 0 Å². The van der Waals surface area contributed by atoms with Crippen molar-refractivity contribution in [1.82, 2.24) is 9.78 Å². The molecule has 0 bridgehead atoms. The van der Waals surface area contributed by atoms with Gasteiger partial charge in [-0.2, -0.15) is 5.10 Å². The van der Waals surface area contributed by atoms with Crippen molar-refractivity contribution in [3.63, 3.8) is 0 Å². The molecule has 0 atom stereocenters. The Morgan fingerprint density at radius 1 is 1.05 bits per heavy atom. The maximum absolute atomic E-state index is 6.04. The molecule has 0 spiro atoms. The van der Waals surface area contributed by atoms with E-state index in [1.165, 1.54) is 0 Å². The van der Waals surface area contributed by atoms with Crippen LogP contribution in [-0.2, 0) is 0 Å². The van der Waals surface area contributed by atoms with E-state index in [4.69, 9.17) is 10.5 Å². The number of ether oxygens (including phenoxy) is 1. The van der Waals surface area contributed by atoms with Gasteiger partial charge in [0.2, 0.25) is 0 Å². The van der Waals surface area contributed by atoms with E-state index in [2.05, 4.69) is 17.2 Å². The quantitative estimate of drug-likeness (QED) is 0.740. The minimum Gasteiger partial charge on any atom is -0.497 e. The van der Waals surface area contributed by atoms with Crippen molar-refractivity contribution >= 4 is 5.69 Å². The van der Waals surface area contributed by atoms with Crippen LogP contribution < -0.4 is 10.5 Å². The lowest BCUT2D eigenvalue weighted by atomic mass is 10.1. The summed E-state index contributed by atoms with van der Waals surface area (Å²) in [5, 5.41) is 4.37. The summed E-state index contributed by atoms with van der Waals surface area (Å²) < 4.78 is 6.93. The van der Waals surface area contributed by atoms with Gasteiger partial charge in [0, 0.05) is 17.8 Å². The number of nitrogens with two attached hydrogens (primary N) is 1. The predicted molar refractivity (Wildman–Crippen MR) is 80.0 cm³/mol. The lowest BCUT2D eigenvalue weighted by Crippen LogP contribution is -2.00. The van der Waals surface area contributed by atoms with Crippen LogP contribution in [0.25, 0.3) is 16.8 Å². The molecule has 100 valence electrons. The number of hydrogen-bond donors (Lipinski definition) is 1. The summed E-state index contributed by atoms with van der Waals surface area (Å²) in [7, 11) is 1.62. The molecule has 1 heterocycles. The van der Waals surface area contributed by atoms with E-state index in [9.17, 15) is 0 Å². The van der Waals surface area contributed by atoms with Crippen molar-refractivity contribution in [2.45, 2.75) is 0 Å². The Labute approximate surface area is 117 Å². The summed E-state index contributed by atoms with van der Waals surface area (Å²) in [6.45, 7) is 0. The number of hydrogen-bond acceptors (Lipinski definition) is 3. The van der Waals surface area contributed by atoms with E-state index in [1.54, 1.807) is 17.9 Å². The second-order valence-electron chi connectivity index (χ2n) is 4.46. The highest BCUT2D eigenvalue weighted by Gasteiger charge is 2.06. The molecule has 3 rings (SSSR count). The second-order valence-corrected chi connectivity index (χ2v) is 4.46. The van der Waals surface area contributed by atoms with Crippen LogP contribution in [0.4, 0.5) is 5.69 Å². The lowest BCUT2D eigenvalue weighted by molar-refractivity contribution is 0.415. The maximum Gasteiger partial charge on any atom is 0.121 e. The molecule has 0 saturated carbocycles. The monoisotopic (exact) mass is 265 g/mol. The molecule has 0 fully saturated rings. The lowest BCUT2D eigenvalue weighted by Gasteiger charge is -2.07. The van der Waals surface area contributed by atoms with Crippen LogP contribution in [0, 0.1) is 0 Å². The molecule has 2 N–H and O–H groups in total. The van der Waals surface area contributed by atoms with Crippen molar-refractivity contribution in [3.8, 4) is 22.6 Å². The van der Waals surface area contributed by atoms with Gasteiger partial charge in [0.25, 0.3) is 0 Å². The highest BCUT2D eigenvalue weighted by molar-refractivity contribution is 5.65. The summed E-state index contributed by atoms with van der Waals surface area (Å²) in [5.41, 5.74) is 9.70. The molecular weight excluding hydrogens is 250 g/mol. The van der Waals surface area contributed by atoms with Gasteiger partial charge in [-0.25, -0.2) is 4.68 Å². The zero-order valence-electron chi connectivity index (χ0n) is 11.2. The summed E-state index contributed by atoms with van der Waals surface area (Å²) in [6, 6.07) is 15.7. The van der Waals surface area contributed by atoms with Crippen LogP contribution in [-0.4, -0.2) is 16.9 Å². The summed E-state index contributed by atoms with van der Waals surface area (Å²) in [6.07, 6.45) is 3.80. The molecule has 1 aromatic heterocycles. The first-order valence-electron chi connectivity index (χ1n) is 6.32. The maximum atomic E-state index is 6.04. The molecule has 0 aliphatic heterocycles. The van der Waals surface area contributed by atoms with Crippen molar-refractivity contribution in [2.24, 2.45) is 0 Å². The van der Waals surface area contributed by atoms with E-state index >= 15 is 0 Å². The molecule has 4 heteroatoms. The summed E-state index contributed by atoms with van der Waals surface area (Å²) in [5.74, 6) is 0.738. The average molecular weight is 265 g/mol. The van der Waals surface area contributed by atoms with Gasteiger partial charge in [0.1, 0.15) is 5.75 Å². The van der Waals surface area contributed by atoms with Crippen LogP contribution in [0.2, 0.25) is 0 Å². The average Bonchev–Trinajstić information content (AvgIpc) is 2.97. The van der Waals surface area contributed by atoms with Gasteiger partial charge in [-0.1, -0.05) is 30.3 Å². The van der Waals surface area contributed by atoms with Gasteiger partial charge >= 0.3 is 0 Å². The van der Waals surface area contributed by atoms with Gasteiger partial charge in [-0.05, 0) is 17.7 Å². The van der Waals surface area contributed by atoms with Crippen LogP contribution >= 0.6 is 0 Å². The standard InChI is InChI=1S/C16H15N3O/c1-20-14-7-8-16(15(17)9-14)19-11-13(10-18-19)12-5-3-2-4-6-12/h2-11H,17H2,1H3. The van der Waals surface area contributed by atoms with Crippen molar-refractivity contribution in [3.05, 3.63) is 60.9 Å². The molecular formula is C16H15N3O. The van der Waals surface area contributed by atoms with Crippen molar-refractivity contribution < 1.29 is 4.74 Å². The van der Waals surface area contributed by atoms with E-state index in [0.29, 0.717) is 5.69 Å². The number of nitrogens with zero attached hydrogens (tertiary/aromatic N) is 2. The molecule has 0 amide bonds. The van der Waals surface area contributed by atoms with Gasteiger partial charge in [-0.3, -0.25) is 0 Å². The predicted octanol–water partition coefficient (Wildman–Crippen LogP) is 3.13. The highest BCUT2D eigenvalue weighted by atomic mass is 16.5. The van der Waals surface area contributed by atoms with Crippen LogP contribution in [0.15, 0.2) is 60.9 Å². The zero-order valence-corrected chi connectivity index (χ0v) is 11.2. The van der Waals surface area contributed by atoms with Crippen molar-refractivity contribution in [2.75, 3.05) is 12.8 Å². The molecule has 4 nitrogen and oxygen atoms in total. The highest BCUT2D eigenvalue weighted by Crippen LogP contribution is 2.25. The Kier molecular flexibility index (Phi) is 3.13. The minimum absolute atomic E-state index is 0.632. The third kappa shape index (κ3) is 2.23. The van der Waals surface area contributed by atoms with E-state index in [1.807, 2.05) is 42.7 Å². The van der Waals surface area contributed by atoms with Crippen LogP contribution in [0.1, 0.15) is 0 Å². The first-order chi connectivity index (χ1) is 9.78.